The topological polar surface area (TPSA) is 111 Å². The molecular weight excluding hydrogens is 426 g/mol. The van der Waals surface area contributed by atoms with Crippen LogP contribution in [0.4, 0.5) is 0 Å². The van der Waals surface area contributed by atoms with Crippen molar-refractivity contribution < 1.29 is 23.5 Å². The molecule has 0 unspecified atom stereocenters. The molecule has 5 rings (SSSR count). The fraction of sp³-hybridized carbons (Fsp3) is 0.125. The molecule has 0 N–H and O–H groups in total. The average molecular weight is 443 g/mol. The highest BCUT2D eigenvalue weighted by Gasteiger charge is 2.36. The maximum Gasteiger partial charge on any atom is 0.338 e. The van der Waals surface area contributed by atoms with Crippen LogP contribution < -0.4 is 5.56 Å². The van der Waals surface area contributed by atoms with E-state index in [9.17, 15) is 19.2 Å². The third kappa shape index (κ3) is 3.69. The van der Waals surface area contributed by atoms with Crippen LogP contribution in [0.25, 0.3) is 5.65 Å². The first-order valence-electron chi connectivity index (χ1n) is 10.1. The number of pyridine rings is 1. The van der Waals surface area contributed by atoms with Crippen LogP contribution >= 0.6 is 0 Å². The Morgan fingerprint density at radius 1 is 1.03 bits per heavy atom. The number of furan rings is 1. The minimum atomic E-state index is -0.701. The van der Waals surface area contributed by atoms with E-state index < -0.39 is 17.8 Å². The molecule has 0 spiro atoms. The van der Waals surface area contributed by atoms with Gasteiger partial charge in [0.15, 0.2) is 0 Å². The highest BCUT2D eigenvalue weighted by molar-refractivity contribution is 6.21. The van der Waals surface area contributed by atoms with Crippen LogP contribution in [0.2, 0.25) is 0 Å². The van der Waals surface area contributed by atoms with E-state index >= 15 is 0 Å². The average Bonchev–Trinajstić information content (AvgIpc) is 3.41. The molecule has 4 aromatic rings. The molecule has 1 aliphatic rings. The van der Waals surface area contributed by atoms with Crippen LogP contribution in [0.5, 0.6) is 0 Å². The maximum atomic E-state index is 12.7. The molecule has 0 saturated heterocycles. The molecule has 0 aliphatic carbocycles. The molecule has 0 radical (unpaired) electrons. The first kappa shape index (κ1) is 20.4. The summed E-state index contributed by atoms with van der Waals surface area (Å²) in [6.45, 7) is 1.65. The van der Waals surface area contributed by atoms with Gasteiger partial charge >= 0.3 is 5.97 Å². The lowest BCUT2D eigenvalue weighted by Crippen LogP contribution is -2.28. The Morgan fingerprint density at radius 2 is 1.85 bits per heavy atom. The lowest BCUT2D eigenvalue weighted by molar-refractivity contribution is 0.0467. The zero-order valence-corrected chi connectivity index (χ0v) is 17.5. The number of aryl methyl sites for hydroxylation is 1. The van der Waals surface area contributed by atoms with Gasteiger partial charge in [0.25, 0.3) is 17.4 Å². The van der Waals surface area contributed by atoms with E-state index in [0.717, 1.165) is 10.5 Å². The van der Waals surface area contributed by atoms with E-state index in [1.54, 1.807) is 24.4 Å². The number of hydrogen-bond acceptors (Lipinski definition) is 7. The van der Waals surface area contributed by atoms with Crippen LogP contribution in [0.1, 0.15) is 48.1 Å². The fourth-order valence-electron chi connectivity index (χ4n) is 3.67. The second kappa shape index (κ2) is 7.86. The Bertz CT molecular complexity index is 1490. The van der Waals surface area contributed by atoms with Gasteiger partial charge in [-0.05, 0) is 48.9 Å². The van der Waals surface area contributed by atoms with E-state index in [0.29, 0.717) is 17.1 Å². The fourth-order valence-corrected chi connectivity index (χ4v) is 3.67. The SMILES string of the molecule is Cc1ccc2nc(COC(=O)c3ccc4c(c3)C(=O)N(Cc3ccco3)C4=O)cc(=O)n2c1. The van der Waals surface area contributed by atoms with Crippen molar-refractivity contribution in [1.82, 2.24) is 14.3 Å². The number of carbonyl (C=O) groups excluding carboxylic acids is 3. The monoisotopic (exact) mass is 443 g/mol. The highest BCUT2D eigenvalue weighted by Crippen LogP contribution is 2.26. The minimum absolute atomic E-state index is 0.00181. The zero-order chi connectivity index (χ0) is 23.1. The van der Waals surface area contributed by atoms with Crippen molar-refractivity contribution >= 4 is 23.4 Å². The molecule has 0 fully saturated rings. The summed E-state index contributed by atoms with van der Waals surface area (Å²) in [6, 6.07) is 12.4. The molecule has 4 heterocycles. The number of esters is 1. The first-order chi connectivity index (χ1) is 15.9. The number of fused-ring (bicyclic) bond motifs is 2. The van der Waals surface area contributed by atoms with Crippen LogP contribution in [-0.4, -0.2) is 32.1 Å². The van der Waals surface area contributed by atoms with Crippen molar-refractivity contribution in [1.29, 1.82) is 0 Å². The molecule has 164 valence electrons. The number of hydrogen-bond donors (Lipinski definition) is 0. The van der Waals surface area contributed by atoms with Gasteiger partial charge in [0, 0.05) is 12.3 Å². The van der Waals surface area contributed by atoms with Crippen LogP contribution in [-0.2, 0) is 17.9 Å². The number of rotatable bonds is 5. The number of ether oxygens (including phenoxy) is 1. The number of imide groups is 1. The number of nitrogens with zero attached hydrogens (tertiary/aromatic N) is 3. The normalized spacial score (nSPS) is 12.9. The molecule has 33 heavy (non-hydrogen) atoms. The predicted octanol–water partition coefficient (Wildman–Crippen LogP) is 2.75. The molecule has 9 heteroatoms. The largest absolute Gasteiger partial charge is 0.467 e. The summed E-state index contributed by atoms with van der Waals surface area (Å²) in [4.78, 5) is 55.6. The van der Waals surface area contributed by atoms with Crippen LogP contribution in [0.15, 0.2) is 70.2 Å². The second-order valence-electron chi connectivity index (χ2n) is 7.63. The molecule has 2 amide bonds. The Hall–Kier alpha value is -4.53. The summed E-state index contributed by atoms with van der Waals surface area (Å²) < 4.78 is 11.9. The molecular formula is C24H17N3O6. The van der Waals surface area contributed by atoms with Crippen LogP contribution in [0.3, 0.4) is 0 Å². The van der Waals surface area contributed by atoms with Gasteiger partial charge in [-0.15, -0.1) is 0 Å². The number of benzene rings is 1. The van der Waals surface area contributed by atoms with Gasteiger partial charge in [0.2, 0.25) is 0 Å². The van der Waals surface area contributed by atoms with Crippen LogP contribution in [0, 0.1) is 6.92 Å². The van der Waals surface area contributed by atoms with E-state index in [4.69, 9.17) is 9.15 Å². The first-order valence-corrected chi connectivity index (χ1v) is 10.1. The summed E-state index contributed by atoms with van der Waals surface area (Å²) >= 11 is 0. The summed E-state index contributed by atoms with van der Waals surface area (Å²) in [5.74, 6) is -1.20. The summed E-state index contributed by atoms with van der Waals surface area (Å²) in [5, 5.41) is 0. The summed E-state index contributed by atoms with van der Waals surface area (Å²) in [6.07, 6.45) is 3.14. The van der Waals surface area contributed by atoms with Gasteiger partial charge in [0.1, 0.15) is 18.0 Å². The summed E-state index contributed by atoms with van der Waals surface area (Å²) in [7, 11) is 0. The van der Waals surface area contributed by atoms with Crippen molar-refractivity contribution in [2.24, 2.45) is 0 Å². The standard InChI is InChI=1S/C24H17N3O6/c1-14-4-7-20-25-16(10-21(28)26(20)11-14)13-33-24(31)15-5-6-18-19(9-15)23(30)27(22(18)29)12-17-3-2-8-32-17/h2-11H,12-13H2,1H3. The van der Waals surface area contributed by atoms with Gasteiger partial charge < -0.3 is 9.15 Å². The van der Waals surface area contributed by atoms with E-state index in [1.807, 2.05) is 13.0 Å². The lowest BCUT2D eigenvalue weighted by Gasteiger charge is -2.11. The zero-order valence-electron chi connectivity index (χ0n) is 17.5. The summed E-state index contributed by atoms with van der Waals surface area (Å²) in [5.41, 5.74) is 1.82. The van der Waals surface area contributed by atoms with Gasteiger partial charge in [-0.25, -0.2) is 9.78 Å². The third-order valence-corrected chi connectivity index (χ3v) is 5.31. The lowest BCUT2D eigenvalue weighted by atomic mass is 10.1. The van der Waals surface area contributed by atoms with Gasteiger partial charge in [-0.2, -0.15) is 0 Å². The smallest absolute Gasteiger partial charge is 0.338 e. The van der Waals surface area contributed by atoms with Crippen molar-refractivity contribution in [3.63, 3.8) is 0 Å². The van der Waals surface area contributed by atoms with Gasteiger partial charge in [0.05, 0.1) is 35.2 Å². The number of aromatic nitrogens is 2. The Kier molecular flexibility index (Phi) is 4.86. The van der Waals surface area contributed by atoms with Crippen molar-refractivity contribution in [3.05, 3.63) is 105 Å². The quantitative estimate of drug-likeness (QED) is 0.344. The van der Waals surface area contributed by atoms with E-state index in [-0.39, 0.29) is 35.4 Å². The molecule has 0 bridgehead atoms. The van der Waals surface area contributed by atoms with Crippen molar-refractivity contribution in [2.75, 3.05) is 0 Å². The second-order valence-corrected chi connectivity index (χ2v) is 7.63. The Morgan fingerprint density at radius 3 is 2.64 bits per heavy atom. The van der Waals surface area contributed by atoms with E-state index in [1.165, 1.54) is 34.9 Å². The number of amides is 2. The Labute approximate surface area is 186 Å². The molecule has 1 aliphatic heterocycles. The molecule has 0 saturated carbocycles. The molecule has 1 aromatic carbocycles. The maximum absolute atomic E-state index is 12.7. The minimum Gasteiger partial charge on any atom is -0.467 e. The number of carbonyl (C=O) groups is 3. The van der Waals surface area contributed by atoms with E-state index in [2.05, 4.69) is 4.98 Å². The van der Waals surface area contributed by atoms with Crippen molar-refractivity contribution in [2.45, 2.75) is 20.1 Å². The predicted molar refractivity (Wildman–Crippen MR) is 115 cm³/mol. The van der Waals surface area contributed by atoms with Gasteiger partial charge in [-0.3, -0.25) is 23.7 Å². The third-order valence-electron chi connectivity index (χ3n) is 5.31. The van der Waals surface area contributed by atoms with Crippen molar-refractivity contribution in [3.8, 4) is 0 Å². The highest BCUT2D eigenvalue weighted by atomic mass is 16.5. The Balaban J connectivity index is 1.33. The molecule has 3 aromatic heterocycles. The molecule has 0 atom stereocenters. The van der Waals surface area contributed by atoms with Gasteiger partial charge in [-0.1, -0.05) is 6.07 Å². The molecule has 9 nitrogen and oxygen atoms in total.